The fraction of sp³-hybridized carbons (Fsp3) is 0.444. The van der Waals surface area contributed by atoms with Crippen LogP contribution in [-0.2, 0) is 17.7 Å². The molecule has 1 rings (SSSR count). The Balaban J connectivity index is 0.000000364. The molecule has 0 aliphatic heterocycles. The quantitative estimate of drug-likeness (QED) is 0.589. The average molecular weight is 298 g/mol. The van der Waals surface area contributed by atoms with E-state index in [1.807, 2.05) is 6.07 Å². The van der Waals surface area contributed by atoms with Gasteiger partial charge in [0, 0.05) is 18.6 Å². The van der Waals surface area contributed by atoms with Crippen molar-refractivity contribution in [2.45, 2.75) is 26.3 Å². The van der Waals surface area contributed by atoms with E-state index in [0.29, 0.717) is 0 Å². The van der Waals surface area contributed by atoms with Crippen molar-refractivity contribution in [3.8, 4) is 0 Å². The molecule has 0 spiro atoms. The van der Waals surface area contributed by atoms with Gasteiger partial charge in [0.1, 0.15) is 6.54 Å². The summed E-state index contributed by atoms with van der Waals surface area (Å²) in [5, 5.41) is 0. The topological polar surface area (TPSA) is 3.88 Å². The molecule has 1 nitrogen and oxygen atoms in total. The number of halogens is 3. The molecular formula is C9H14Cl3FeN+. The molecule has 0 amide bonds. The van der Waals surface area contributed by atoms with Gasteiger partial charge in [-0.05, 0) is 0 Å². The van der Waals surface area contributed by atoms with Crippen LogP contribution in [0.4, 0.5) is 0 Å². The third-order valence-corrected chi connectivity index (χ3v) is 1.55. The average Bonchev–Trinajstić information content (AvgIpc) is 2.15. The minimum absolute atomic E-state index is 1.15. The van der Waals surface area contributed by atoms with Crippen molar-refractivity contribution in [3.63, 3.8) is 0 Å². The SMILES string of the molecule is CCCC[n+]1ccccc1.[Cl][Fe]([Cl])[Cl]. The maximum atomic E-state index is 4.89. The van der Waals surface area contributed by atoms with E-state index >= 15 is 0 Å². The molecule has 0 aromatic carbocycles. The number of aryl methyl sites for hydroxylation is 1. The van der Waals surface area contributed by atoms with E-state index in [1.54, 1.807) is 0 Å². The Morgan fingerprint density at radius 3 is 2.00 bits per heavy atom. The van der Waals surface area contributed by atoms with E-state index in [9.17, 15) is 0 Å². The van der Waals surface area contributed by atoms with Crippen LogP contribution in [0, 0.1) is 0 Å². The van der Waals surface area contributed by atoms with Crippen LogP contribution in [0.2, 0.25) is 0 Å². The van der Waals surface area contributed by atoms with Crippen molar-refractivity contribution < 1.29 is 15.7 Å². The number of hydrogen-bond donors (Lipinski definition) is 0. The Labute approximate surface area is 103 Å². The molecule has 0 N–H and O–H groups in total. The van der Waals surface area contributed by atoms with Gasteiger partial charge >= 0.3 is 41.5 Å². The predicted molar refractivity (Wildman–Crippen MR) is 59.1 cm³/mol. The van der Waals surface area contributed by atoms with Gasteiger partial charge in [-0.15, -0.1) is 0 Å². The first-order chi connectivity index (χ1) is 6.66. The zero-order valence-corrected chi connectivity index (χ0v) is 11.3. The first kappa shape index (κ1) is 14.5. The van der Waals surface area contributed by atoms with Crippen molar-refractivity contribution in [1.29, 1.82) is 0 Å². The predicted octanol–water partition coefficient (Wildman–Crippen LogP) is 3.84. The normalized spacial score (nSPS) is 10.1. The van der Waals surface area contributed by atoms with Crippen LogP contribution >= 0.6 is 30.3 Å². The van der Waals surface area contributed by atoms with Crippen LogP contribution in [0.25, 0.3) is 0 Å². The van der Waals surface area contributed by atoms with Gasteiger partial charge in [-0.25, -0.2) is 4.57 Å². The van der Waals surface area contributed by atoms with Gasteiger partial charge in [0.2, 0.25) is 0 Å². The fourth-order valence-corrected chi connectivity index (χ4v) is 0.924. The van der Waals surface area contributed by atoms with E-state index in [-0.39, 0.29) is 0 Å². The summed E-state index contributed by atoms with van der Waals surface area (Å²) >= 11 is -1.33. The first-order valence-corrected chi connectivity index (χ1v) is 8.83. The van der Waals surface area contributed by atoms with Crippen molar-refractivity contribution in [2.24, 2.45) is 0 Å². The monoisotopic (exact) mass is 297 g/mol. The standard InChI is InChI=1S/C9H14N.3ClH.Fe/c1-2-3-7-10-8-5-4-6-9-10;;;;/h4-6,8-9H,2-3,7H2,1H3;3*1H;/q+1;;;;+3/p-3. The molecule has 0 unspecified atom stereocenters. The van der Waals surface area contributed by atoms with Crippen LogP contribution in [0.1, 0.15) is 19.8 Å². The number of rotatable bonds is 3. The summed E-state index contributed by atoms with van der Waals surface area (Å²) in [5.41, 5.74) is 0. The first-order valence-electron chi connectivity index (χ1n) is 4.27. The van der Waals surface area contributed by atoms with Crippen molar-refractivity contribution in [2.75, 3.05) is 0 Å². The number of aromatic nitrogens is 1. The van der Waals surface area contributed by atoms with Crippen molar-refractivity contribution >= 4 is 30.3 Å². The van der Waals surface area contributed by atoms with Crippen molar-refractivity contribution in [3.05, 3.63) is 30.6 Å². The Bertz CT molecular complexity index is 216. The molecule has 0 saturated carbocycles. The second-order valence-electron chi connectivity index (χ2n) is 2.62. The molecule has 14 heavy (non-hydrogen) atoms. The second-order valence-corrected chi connectivity index (χ2v) is 8.09. The fourth-order valence-electron chi connectivity index (χ4n) is 0.924. The summed E-state index contributed by atoms with van der Waals surface area (Å²) in [6.45, 7) is 3.36. The van der Waals surface area contributed by atoms with Crippen LogP contribution in [0.3, 0.4) is 0 Å². The van der Waals surface area contributed by atoms with Gasteiger partial charge in [0.05, 0.1) is 0 Å². The third kappa shape index (κ3) is 10.6. The van der Waals surface area contributed by atoms with Crippen LogP contribution in [0.15, 0.2) is 30.6 Å². The molecule has 0 bridgehead atoms. The second kappa shape index (κ2) is 10.1. The molecule has 0 atom stereocenters. The molecule has 0 aliphatic rings. The molecule has 1 heterocycles. The van der Waals surface area contributed by atoms with Gasteiger partial charge in [0.15, 0.2) is 12.4 Å². The summed E-state index contributed by atoms with van der Waals surface area (Å²) in [4.78, 5) is 0. The van der Waals surface area contributed by atoms with Gasteiger partial charge < -0.3 is 0 Å². The molecular weight excluding hydrogens is 284 g/mol. The van der Waals surface area contributed by atoms with Crippen LogP contribution < -0.4 is 4.57 Å². The molecule has 0 fully saturated rings. The van der Waals surface area contributed by atoms with Gasteiger partial charge in [-0.3, -0.25) is 0 Å². The maximum absolute atomic E-state index is 4.89. The summed E-state index contributed by atoms with van der Waals surface area (Å²) in [6, 6.07) is 6.17. The number of hydrogen-bond acceptors (Lipinski definition) is 0. The Morgan fingerprint density at radius 1 is 1.07 bits per heavy atom. The summed E-state index contributed by atoms with van der Waals surface area (Å²) in [6.07, 6.45) is 6.75. The molecule has 0 radical (unpaired) electrons. The zero-order valence-electron chi connectivity index (χ0n) is 7.94. The van der Waals surface area contributed by atoms with E-state index in [1.165, 1.54) is 12.8 Å². The van der Waals surface area contributed by atoms with Gasteiger partial charge in [0.25, 0.3) is 0 Å². The number of unbranched alkanes of at least 4 members (excludes halogenated alkanes) is 1. The summed E-state index contributed by atoms with van der Waals surface area (Å²) in [7, 11) is 14.7. The Kier molecular flexibility index (Phi) is 10.5. The molecule has 5 heteroatoms. The molecule has 1 aromatic rings. The minimum atomic E-state index is -1.33. The molecule has 0 saturated heterocycles. The summed E-state index contributed by atoms with van der Waals surface area (Å²) < 4.78 is 2.21. The molecule has 0 aliphatic carbocycles. The van der Waals surface area contributed by atoms with Gasteiger partial charge in [-0.2, -0.15) is 0 Å². The molecule has 83 valence electrons. The van der Waals surface area contributed by atoms with Crippen LogP contribution in [0.5, 0.6) is 0 Å². The zero-order chi connectivity index (χ0) is 10.8. The Morgan fingerprint density at radius 2 is 1.57 bits per heavy atom. The molecule has 1 aromatic heterocycles. The number of pyridine rings is 1. The van der Waals surface area contributed by atoms with E-state index in [0.717, 1.165) is 6.54 Å². The Hall–Kier alpha value is 0.539. The van der Waals surface area contributed by atoms with E-state index < -0.39 is 11.2 Å². The van der Waals surface area contributed by atoms with Crippen molar-refractivity contribution in [1.82, 2.24) is 0 Å². The van der Waals surface area contributed by atoms with E-state index in [2.05, 4.69) is 36.0 Å². The third-order valence-electron chi connectivity index (χ3n) is 1.55. The van der Waals surface area contributed by atoms with E-state index in [4.69, 9.17) is 30.3 Å². The van der Waals surface area contributed by atoms with Crippen LogP contribution in [-0.4, -0.2) is 0 Å². The number of nitrogens with zero attached hydrogens (tertiary/aromatic N) is 1. The van der Waals surface area contributed by atoms with Gasteiger partial charge in [-0.1, -0.05) is 19.4 Å². The summed E-state index contributed by atoms with van der Waals surface area (Å²) in [5.74, 6) is 0.